The van der Waals surface area contributed by atoms with E-state index in [1.54, 1.807) is 6.92 Å². The third-order valence-electron chi connectivity index (χ3n) is 4.33. The molecule has 25 heavy (non-hydrogen) atoms. The van der Waals surface area contributed by atoms with Gasteiger partial charge in [-0.3, -0.25) is 9.78 Å². The summed E-state index contributed by atoms with van der Waals surface area (Å²) < 4.78 is 17.0. The highest BCUT2D eigenvalue weighted by atomic mass is 16.6. The second-order valence-electron chi connectivity index (χ2n) is 5.87. The molecule has 3 heterocycles. The average Bonchev–Trinajstić information content (AvgIpc) is 2.87. The number of carbonyl (C=O) groups is 1. The zero-order valence-electron chi connectivity index (χ0n) is 13.4. The molecule has 0 unspecified atom stereocenters. The van der Waals surface area contributed by atoms with E-state index < -0.39 is 53.8 Å². The number of urea groups is 1. The number of aromatic nitrogens is 2. The number of amides is 2. The molecule has 2 fully saturated rings. The third kappa shape index (κ3) is 3.31. The number of carbonyl (C=O) groups excluding carboxylic acids is 1. The molecule has 3 rings (SSSR count). The van der Waals surface area contributed by atoms with Gasteiger partial charge in [0.2, 0.25) is 0 Å². The molecule has 1 aromatic heterocycles. The van der Waals surface area contributed by atoms with Crippen LogP contribution in [0.15, 0.2) is 15.8 Å². The Labute approximate surface area is 141 Å². The first-order valence-electron chi connectivity index (χ1n) is 7.87. The zero-order chi connectivity index (χ0) is 18.1. The van der Waals surface area contributed by atoms with Gasteiger partial charge in [-0.25, -0.2) is 9.59 Å². The van der Waals surface area contributed by atoms with Gasteiger partial charge in [-0.05, 0) is 6.92 Å². The van der Waals surface area contributed by atoms with Crippen molar-refractivity contribution in [2.45, 2.75) is 43.5 Å². The minimum absolute atomic E-state index is 0.0517. The Morgan fingerprint density at radius 2 is 2.24 bits per heavy atom. The fourth-order valence-electron chi connectivity index (χ4n) is 3.29. The van der Waals surface area contributed by atoms with Crippen LogP contribution in [-0.2, 0) is 14.2 Å². The summed E-state index contributed by atoms with van der Waals surface area (Å²) in [6.45, 7) is 2.30. The van der Waals surface area contributed by atoms with E-state index in [0.717, 1.165) is 0 Å². The van der Waals surface area contributed by atoms with Gasteiger partial charge >= 0.3 is 11.7 Å². The van der Waals surface area contributed by atoms with E-state index in [-0.39, 0.29) is 12.2 Å². The summed E-state index contributed by atoms with van der Waals surface area (Å²) in [5.41, 5.74) is 3.94. The lowest BCUT2D eigenvalue weighted by Crippen LogP contribution is -2.62. The van der Waals surface area contributed by atoms with E-state index in [1.165, 1.54) is 6.20 Å². The van der Waals surface area contributed by atoms with Crippen LogP contribution in [0, 0.1) is 0 Å². The maximum atomic E-state index is 12.0. The molecule has 2 amide bonds. The monoisotopic (exact) mass is 356 g/mol. The van der Waals surface area contributed by atoms with Crippen LogP contribution in [-0.4, -0.2) is 64.8 Å². The summed E-state index contributed by atoms with van der Waals surface area (Å²) in [6.07, 6.45) is -3.10. The van der Waals surface area contributed by atoms with Gasteiger partial charge in [0.05, 0.1) is 18.2 Å². The van der Waals surface area contributed by atoms with Crippen molar-refractivity contribution < 1.29 is 24.1 Å². The van der Waals surface area contributed by atoms with E-state index in [0.29, 0.717) is 6.61 Å². The van der Waals surface area contributed by atoms with Crippen molar-refractivity contribution in [1.29, 1.82) is 0 Å². The van der Waals surface area contributed by atoms with Gasteiger partial charge in [-0.15, -0.1) is 0 Å². The summed E-state index contributed by atoms with van der Waals surface area (Å²) >= 11 is 0. The maximum absolute atomic E-state index is 12.0. The van der Waals surface area contributed by atoms with Crippen LogP contribution >= 0.6 is 0 Å². The lowest BCUT2D eigenvalue weighted by atomic mass is 9.94. The van der Waals surface area contributed by atoms with Gasteiger partial charge < -0.3 is 35.4 Å². The van der Waals surface area contributed by atoms with Crippen molar-refractivity contribution in [3.05, 3.63) is 32.6 Å². The molecule has 11 nitrogen and oxygen atoms in total. The van der Waals surface area contributed by atoms with Crippen LogP contribution in [0.4, 0.5) is 4.79 Å². The molecule has 0 radical (unpaired) electrons. The van der Waals surface area contributed by atoms with E-state index >= 15 is 0 Å². The molecule has 0 bridgehead atoms. The number of aliphatic hydroxyl groups excluding tert-OH is 1. The highest BCUT2D eigenvalue weighted by Gasteiger charge is 2.54. The number of aromatic amines is 2. The number of hydrogen-bond donors (Lipinski definition) is 5. The normalized spacial score (nSPS) is 34.5. The first-order valence-corrected chi connectivity index (χ1v) is 7.87. The highest BCUT2D eigenvalue weighted by molar-refractivity contribution is 5.72. The van der Waals surface area contributed by atoms with Crippen molar-refractivity contribution in [3.63, 3.8) is 0 Å². The Morgan fingerprint density at radius 3 is 2.88 bits per heavy atom. The van der Waals surface area contributed by atoms with E-state index in [9.17, 15) is 19.5 Å². The Kier molecular flexibility index (Phi) is 4.90. The van der Waals surface area contributed by atoms with Crippen LogP contribution < -0.4 is 22.3 Å². The fourth-order valence-corrected chi connectivity index (χ4v) is 3.29. The Bertz CT molecular complexity index is 747. The predicted molar refractivity (Wildman–Crippen MR) is 83.0 cm³/mol. The molecule has 0 spiro atoms. The molecule has 0 aliphatic carbocycles. The van der Waals surface area contributed by atoms with Gasteiger partial charge in [-0.1, -0.05) is 0 Å². The number of hydrogen-bond acceptors (Lipinski definition) is 7. The van der Waals surface area contributed by atoms with Crippen molar-refractivity contribution in [1.82, 2.24) is 15.3 Å². The van der Waals surface area contributed by atoms with E-state index in [4.69, 9.17) is 19.9 Å². The summed E-state index contributed by atoms with van der Waals surface area (Å²) in [5.74, 6) is 0. The number of nitrogens with two attached hydrogens (primary N) is 1. The molecule has 0 saturated carbocycles. The number of rotatable bonds is 4. The van der Waals surface area contributed by atoms with Crippen molar-refractivity contribution in [2.75, 3.05) is 13.2 Å². The Balaban J connectivity index is 1.89. The summed E-state index contributed by atoms with van der Waals surface area (Å²) in [4.78, 5) is 38.9. The third-order valence-corrected chi connectivity index (χ3v) is 4.33. The van der Waals surface area contributed by atoms with Gasteiger partial charge in [0.25, 0.3) is 5.56 Å². The van der Waals surface area contributed by atoms with Gasteiger partial charge in [0, 0.05) is 12.8 Å². The maximum Gasteiger partial charge on any atom is 0.325 e. The summed E-state index contributed by atoms with van der Waals surface area (Å²) in [6, 6.07) is -1.42. The molecule has 6 atom stereocenters. The van der Waals surface area contributed by atoms with Crippen LogP contribution in [0.1, 0.15) is 18.6 Å². The average molecular weight is 356 g/mol. The standard InChI is InChI=1S/C14H20N4O7/c1-2-23-6-4-24-11-8(19)9(5-3-16-14(22)18-12(5)20)25-10(11)7(6)17-13(15)21/h3,6-11,19H,2,4H2,1H3,(H3,15,17,21)(H2,16,18,20,22)/t6-,7-,8+,9+,10-,11+/m1/s1. The Morgan fingerprint density at radius 1 is 1.48 bits per heavy atom. The van der Waals surface area contributed by atoms with Crippen molar-refractivity contribution in [2.24, 2.45) is 5.73 Å². The smallest absolute Gasteiger partial charge is 0.325 e. The Hall–Kier alpha value is -2.21. The van der Waals surface area contributed by atoms with Gasteiger partial charge in [0.1, 0.15) is 30.5 Å². The van der Waals surface area contributed by atoms with Gasteiger partial charge in [0.15, 0.2) is 0 Å². The summed E-state index contributed by atoms with van der Waals surface area (Å²) in [7, 11) is 0. The van der Waals surface area contributed by atoms with E-state index in [2.05, 4.69) is 15.3 Å². The number of ether oxygens (including phenoxy) is 3. The molecule has 2 aliphatic rings. The lowest BCUT2D eigenvalue weighted by molar-refractivity contribution is -0.150. The number of nitrogens with one attached hydrogen (secondary N) is 3. The predicted octanol–water partition coefficient (Wildman–Crippen LogP) is -2.30. The molecule has 138 valence electrons. The van der Waals surface area contributed by atoms with Crippen LogP contribution in [0.2, 0.25) is 0 Å². The quantitative estimate of drug-likeness (QED) is 0.404. The first-order chi connectivity index (χ1) is 11.9. The van der Waals surface area contributed by atoms with Crippen molar-refractivity contribution >= 4 is 6.03 Å². The molecule has 1 aromatic rings. The van der Waals surface area contributed by atoms with Gasteiger partial charge in [-0.2, -0.15) is 0 Å². The molecular formula is C14H20N4O7. The number of aliphatic hydroxyl groups is 1. The second-order valence-corrected chi connectivity index (χ2v) is 5.87. The van der Waals surface area contributed by atoms with Crippen LogP contribution in [0.5, 0.6) is 0 Å². The van der Waals surface area contributed by atoms with E-state index in [1.807, 2.05) is 0 Å². The minimum Gasteiger partial charge on any atom is -0.387 e. The molecular weight excluding hydrogens is 336 g/mol. The van der Waals surface area contributed by atoms with Crippen LogP contribution in [0.25, 0.3) is 0 Å². The highest BCUT2D eigenvalue weighted by Crippen LogP contribution is 2.38. The molecule has 2 aliphatic heterocycles. The largest absolute Gasteiger partial charge is 0.387 e. The number of H-pyrrole nitrogens is 2. The molecule has 6 N–H and O–H groups in total. The number of primary amides is 1. The second kappa shape index (κ2) is 6.96. The lowest BCUT2D eigenvalue weighted by Gasteiger charge is -2.39. The number of fused-ring (bicyclic) bond motifs is 1. The van der Waals surface area contributed by atoms with Crippen molar-refractivity contribution in [3.8, 4) is 0 Å². The minimum atomic E-state index is -1.17. The molecule has 2 saturated heterocycles. The molecule has 11 heteroatoms. The molecule has 0 aromatic carbocycles. The SMILES string of the molecule is CCO[C@@H]1CO[C@H]2[C@@H](O)[C@H](c3c[nH]c(=O)[nH]c3=O)O[C@@H]2[C@@H]1NC(N)=O. The fraction of sp³-hybridized carbons (Fsp3) is 0.643. The first kappa shape index (κ1) is 17.6. The van der Waals surface area contributed by atoms with Crippen LogP contribution in [0.3, 0.4) is 0 Å². The summed E-state index contributed by atoms with van der Waals surface area (Å²) in [5, 5.41) is 13.1. The zero-order valence-corrected chi connectivity index (χ0v) is 13.4. The topological polar surface area (TPSA) is 169 Å².